The van der Waals surface area contributed by atoms with Crippen LogP contribution >= 0.6 is 0 Å². The molecule has 2 aromatic rings. The molecule has 0 saturated heterocycles. The molecule has 0 aliphatic rings. The molecule has 0 heterocycles. The molecular formula is C19H19FO5. The van der Waals surface area contributed by atoms with Crippen molar-refractivity contribution in [3.8, 4) is 17.2 Å². The maximum absolute atomic E-state index is 13.3. The Hall–Kier alpha value is -3.02. The highest BCUT2D eigenvalue weighted by molar-refractivity contribution is 5.87. The topological polar surface area (TPSA) is 54.0 Å². The van der Waals surface area contributed by atoms with Crippen molar-refractivity contribution in [3.63, 3.8) is 0 Å². The fraction of sp³-hybridized carbons (Fsp3) is 0.211. The third-order valence-electron chi connectivity index (χ3n) is 3.40. The van der Waals surface area contributed by atoms with Crippen LogP contribution in [0.2, 0.25) is 0 Å². The predicted molar refractivity (Wildman–Crippen MR) is 91.3 cm³/mol. The smallest absolute Gasteiger partial charge is 0.331 e. The van der Waals surface area contributed by atoms with Crippen molar-refractivity contribution in [2.24, 2.45) is 0 Å². The summed E-state index contributed by atoms with van der Waals surface area (Å²) >= 11 is 0. The lowest BCUT2D eigenvalue weighted by Gasteiger charge is -2.08. The van der Waals surface area contributed by atoms with Gasteiger partial charge in [0, 0.05) is 17.7 Å². The van der Waals surface area contributed by atoms with Crippen LogP contribution in [0.1, 0.15) is 11.1 Å². The molecule has 0 spiro atoms. The molecule has 132 valence electrons. The van der Waals surface area contributed by atoms with Crippen molar-refractivity contribution in [1.29, 1.82) is 0 Å². The number of ether oxygens (including phenoxy) is 4. The summed E-state index contributed by atoms with van der Waals surface area (Å²) in [6.07, 6.45) is 2.86. The maximum atomic E-state index is 13.3. The zero-order chi connectivity index (χ0) is 18.2. The first-order valence-corrected chi connectivity index (χ1v) is 7.46. The van der Waals surface area contributed by atoms with Crippen molar-refractivity contribution < 1.29 is 28.1 Å². The molecule has 0 aromatic heterocycles. The quantitative estimate of drug-likeness (QED) is 0.566. The van der Waals surface area contributed by atoms with Gasteiger partial charge in [-0.2, -0.15) is 0 Å². The van der Waals surface area contributed by atoms with Crippen LogP contribution in [0.4, 0.5) is 4.39 Å². The van der Waals surface area contributed by atoms with Crippen LogP contribution in [-0.4, -0.2) is 27.3 Å². The molecule has 0 unspecified atom stereocenters. The normalized spacial score (nSPS) is 10.6. The summed E-state index contributed by atoms with van der Waals surface area (Å²) in [6, 6.07) is 9.26. The Labute approximate surface area is 145 Å². The van der Waals surface area contributed by atoms with E-state index in [9.17, 15) is 9.18 Å². The highest BCUT2D eigenvalue weighted by Crippen LogP contribution is 2.23. The number of hydrogen-bond acceptors (Lipinski definition) is 5. The van der Waals surface area contributed by atoms with Gasteiger partial charge in [-0.25, -0.2) is 9.18 Å². The predicted octanol–water partition coefficient (Wildman–Crippen LogP) is 3.61. The molecule has 0 bridgehead atoms. The van der Waals surface area contributed by atoms with E-state index < -0.39 is 11.8 Å². The monoisotopic (exact) mass is 346 g/mol. The lowest BCUT2D eigenvalue weighted by atomic mass is 10.2. The van der Waals surface area contributed by atoms with E-state index in [0.29, 0.717) is 22.8 Å². The molecule has 6 heteroatoms. The number of rotatable bonds is 7. The number of methoxy groups -OCH3 is 3. The minimum Gasteiger partial charge on any atom is -0.497 e. The third-order valence-corrected chi connectivity index (χ3v) is 3.40. The number of carbonyl (C=O) groups is 1. The van der Waals surface area contributed by atoms with Crippen LogP contribution in [0, 0.1) is 5.82 Å². The van der Waals surface area contributed by atoms with Gasteiger partial charge < -0.3 is 18.9 Å². The fourth-order valence-electron chi connectivity index (χ4n) is 2.15. The third kappa shape index (κ3) is 5.24. The van der Waals surface area contributed by atoms with Gasteiger partial charge in [-0.05, 0) is 42.0 Å². The Kier molecular flexibility index (Phi) is 6.39. The number of hydrogen-bond donors (Lipinski definition) is 0. The second kappa shape index (κ2) is 8.73. The Balaban J connectivity index is 2.03. The lowest BCUT2D eigenvalue weighted by molar-refractivity contribution is -0.138. The summed E-state index contributed by atoms with van der Waals surface area (Å²) in [4.78, 5) is 11.9. The van der Waals surface area contributed by atoms with Crippen LogP contribution in [0.5, 0.6) is 17.2 Å². The van der Waals surface area contributed by atoms with E-state index in [-0.39, 0.29) is 6.61 Å². The van der Waals surface area contributed by atoms with Gasteiger partial charge >= 0.3 is 5.97 Å². The van der Waals surface area contributed by atoms with E-state index in [1.807, 2.05) is 0 Å². The molecule has 0 atom stereocenters. The van der Waals surface area contributed by atoms with Crippen LogP contribution in [0.15, 0.2) is 42.5 Å². The molecule has 5 nitrogen and oxygen atoms in total. The summed E-state index contributed by atoms with van der Waals surface area (Å²) in [5.41, 5.74) is 1.17. The molecule has 0 radical (unpaired) electrons. The second-order valence-electron chi connectivity index (χ2n) is 5.04. The first-order chi connectivity index (χ1) is 12.0. The zero-order valence-electron chi connectivity index (χ0n) is 14.2. The standard InChI is InChI=1S/C19H19FO5/c1-22-16-8-13(9-17(11-16)23-2)4-7-19(21)25-12-14-10-15(20)5-6-18(14)24-3/h4-11H,12H2,1-3H3/b7-4+. The first-order valence-electron chi connectivity index (χ1n) is 7.46. The Morgan fingerprint density at radius 1 is 1.00 bits per heavy atom. The molecule has 0 saturated carbocycles. The Bertz CT molecular complexity index is 748. The average molecular weight is 346 g/mol. The molecule has 2 aromatic carbocycles. The minimum atomic E-state index is -0.562. The summed E-state index contributed by atoms with van der Waals surface area (Å²) in [7, 11) is 4.56. The SMILES string of the molecule is COc1cc(/C=C/C(=O)OCc2cc(F)ccc2OC)cc(OC)c1. The summed E-state index contributed by atoms with van der Waals surface area (Å²) < 4.78 is 33.9. The van der Waals surface area contributed by atoms with Crippen molar-refractivity contribution in [3.05, 3.63) is 59.4 Å². The van der Waals surface area contributed by atoms with Crippen molar-refractivity contribution in [2.75, 3.05) is 21.3 Å². The van der Waals surface area contributed by atoms with Crippen LogP contribution in [0.25, 0.3) is 6.08 Å². The van der Waals surface area contributed by atoms with Gasteiger partial charge in [0.25, 0.3) is 0 Å². The van der Waals surface area contributed by atoms with Gasteiger partial charge in [-0.1, -0.05) is 0 Å². The van der Waals surface area contributed by atoms with Gasteiger partial charge in [0.05, 0.1) is 21.3 Å². The van der Waals surface area contributed by atoms with E-state index in [1.165, 1.54) is 31.4 Å². The zero-order valence-corrected chi connectivity index (χ0v) is 14.2. The van der Waals surface area contributed by atoms with Gasteiger partial charge in [0.2, 0.25) is 0 Å². The summed E-state index contributed by atoms with van der Waals surface area (Å²) in [6.45, 7) is -0.0917. The maximum Gasteiger partial charge on any atom is 0.331 e. The van der Waals surface area contributed by atoms with Crippen molar-refractivity contribution >= 4 is 12.0 Å². The first kappa shape index (κ1) is 18.3. The largest absolute Gasteiger partial charge is 0.497 e. The molecular weight excluding hydrogens is 327 g/mol. The van der Waals surface area contributed by atoms with E-state index in [2.05, 4.69) is 0 Å². The van der Waals surface area contributed by atoms with E-state index >= 15 is 0 Å². The van der Waals surface area contributed by atoms with E-state index in [1.54, 1.807) is 38.5 Å². The van der Waals surface area contributed by atoms with Gasteiger partial charge in [-0.15, -0.1) is 0 Å². The number of carbonyl (C=O) groups excluding carboxylic acids is 1. The van der Waals surface area contributed by atoms with Crippen LogP contribution < -0.4 is 14.2 Å². The molecule has 0 aliphatic heterocycles. The van der Waals surface area contributed by atoms with E-state index in [4.69, 9.17) is 18.9 Å². The minimum absolute atomic E-state index is 0.0917. The molecule has 0 amide bonds. The molecule has 2 rings (SSSR count). The molecule has 0 fully saturated rings. The number of halogens is 1. The average Bonchev–Trinajstić information content (AvgIpc) is 2.64. The van der Waals surface area contributed by atoms with Crippen molar-refractivity contribution in [2.45, 2.75) is 6.61 Å². The summed E-state index contributed by atoms with van der Waals surface area (Å²) in [5, 5.41) is 0. The number of benzene rings is 2. The molecule has 0 N–H and O–H groups in total. The van der Waals surface area contributed by atoms with Crippen LogP contribution in [-0.2, 0) is 16.1 Å². The van der Waals surface area contributed by atoms with Gasteiger partial charge in [0.1, 0.15) is 29.7 Å². The molecule has 25 heavy (non-hydrogen) atoms. The van der Waals surface area contributed by atoms with E-state index in [0.717, 1.165) is 5.56 Å². The summed E-state index contributed by atoms with van der Waals surface area (Å²) in [5.74, 6) is 0.684. The van der Waals surface area contributed by atoms with Crippen LogP contribution in [0.3, 0.4) is 0 Å². The highest BCUT2D eigenvalue weighted by Gasteiger charge is 2.07. The van der Waals surface area contributed by atoms with Gasteiger partial charge in [-0.3, -0.25) is 0 Å². The lowest BCUT2D eigenvalue weighted by Crippen LogP contribution is -2.02. The Morgan fingerprint density at radius 2 is 1.68 bits per heavy atom. The highest BCUT2D eigenvalue weighted by atomic mass is 19.1. The van der Waals surface area contributed by atoms with Gasteiger partial charge in [0.15, 0.2) is 0 Å². The molecule has 0 aliphatic carbocycles. The number of esters is 1. The van der Waals surface area contributed by atoms with Crippen molar-refractivity contribution in [1.82, 2.24) is 0 Å². The second-order valence-corrected chi connectivity index (χ2v) is 5.04. The Morgan fingerprint density at radius 3 is 2.28 bits per heavy atom. The fourth-order valence-corrected chi connectivity index (χ4v) is 2.15.